The minimum Gasteiger partial charge on any atom is -0.0836 e. The molecule has 0 N–H and O–H groups in total. The van der Waals surface area contributed by atoms with Gasteiger partial charge in [0.05, 0.1) is 0 Å². The quantitative estimate of drug-likeness (QED) is 0.129. The van der Waals surface area contributed by atoms with Gasteiger partial charge < -0.3 is 0 Å². The Bertz CT molecular complexity index is 1010. The van der Waals surface area contributed by atoms with Crippen LogP contribution < -0.4 is 0 Å². The predicted molar refractivity (Wildman–Crippen MR) is 121 cm³/mol. The molecule has 0 amide bonds. The van der Waals surface area contributed by atoms with Crippen LogP contribution in [0.5, 0.6) is 0 Å². The Hall–Kier alpha value is 0.920. The first-order chi connectivity index (χ1) is 10.4. The minimum absolute atomic E-state index is 0.749. The second kappa shape index (κ2) is 5.73. The number of halogens is 6. The lowest BCUT2D eigenvalue weighted by Crippen LogP contribution is -1.92. The number of benzene rings is 4. The van der Waals surface area contributed by atoms with Crippen molar-refractivity contribution in [1.82, 2.24) is 0 Å². The van der Waals surface area contributed by atoms with Crippen LogP contribution in [0.4, 0.5) is 0 Å². The zero-order valence-corrected chi connectivity index (χ0v) is 19.6. The molecule has 0 heterocycles. The van der Waals surface area contributed by atoms with Crippen molar-refractivity contribution in [3.05, 3.63) is 50.4 Å². The molecular weight excluding hydrogens is 677 g/mol. The van der Waals surface area contributed by atoms with E-state index < -0.39 is 0 Å². The van der Waals surface area contributed by atoms with Crippen LogP contribution in [0.3, 0.4) is 0 Å². The molecule has 0 spiro atoms. The average Bonchev–Trinajstić information content (AvgIpc) is 2.43. The van der Waals surface area contributed by atoms with Crippen molar-refractivity contribution in [2.45, 2.75) is 0 Å². The zero-order chi connectivity index (χ0) is 15.8. The second-order valence-electron chi connectivity index (χ2n) is 4.99. The molecular formula is C16H4Br2Cl2I2. The fourth-order valence-electron chi connectivity index (χ4n) is 2.94. The van der Waals surface area contributed by atoms with Gasteiger partial charge in [-0.1, -0.05) is 55.1 Å². The minimum atomic E-state index is 0.749. The van der Waals surface area contributed by atoms with Gasteiger partial charge in [-0.05, 0) is 69.4 Å². The van der Waals surface area contributed by atoms with Gasteiger partial charge in [0.15, 0.2) is 0 Å². The second-order valence-corrected chi connectivity index (χ2v) is 9.84. The first-order valence-electron chi connectivity index (χ1n) is 6.19. The molecule has 0 saturated carbocycles. The third-order valence-corrected chi connectivity index (χ3v) is 7.39. The smallest absolute Gasteiger partial charge is 0.0496 e. The van der Waals surface area contributed by atoms with Crippen molar-refractivity contribution in [3.63, 3.8) is 0 Å². The zero-order valence-electron chi connectivity index (χ0n) is 10.6. The molecule has 0 nitrogen and oxygen atoms in total. The van der Waals surface area contributed by atoms with Crippen LogP contribution in [-0.2, 0) is 0 Å². The van der Waals surface area contributed by atoms with E-state index in [9.17, 15) is 0 Å². The molecule has 110 valence electrons. The van der Waals surface area contributed by atoms with Gasteiger partial charge in [-0.25, -0.2) is 0 Å². The summed E-state index contributed by atoms with van der Waals surface area (Å²) in [5, 5.41) is 8.33. The van der Waals surface area contributed by atoms with Gasteiger partial charge in [-0.2, -0.15) is 0 Å². The summed E-state index contributed by atoms with van der Waals surface area (Å²) in [6, 6.07) is 8.23. The fourth-order valence-corrected chi connectivity index (χ4v) is 7.48. The van der Waals surface area contributed by atoms with Gasteiger partial charge in [-0.15, -0.1) is 0 Å². The highest BCUT2D eigenvalue weighted by atomic mass is 127. The van der Waals surface area contributed by atoms with Crippen LogP contribution in [-0.4, -0.2) is 0 Å². The molecule has 22 heavy (non-hydrogen) atoms. The Kier molecular flexibility index (Phi) is 4.27. The van der Waals surface area contributed by atoms with E-state index in [1.54, 1.807) is 0 Å². The highest BCUT2D eigenvalue weighted by Gasteiger charge is 2.20. The molecule has 0 atom stereocenters. The molecule has 0 aromatic heterocycles. The maximum atomic E-state index is 6.51. The standard InChI is InChI=1S/C16H4Br2Cl2I2/c17-7-4-10(20)6-2-12(22)16-8(18)3-9(19)5-1-11(21)15(7)14(6)13(5)16/h1-4H. The van der Waals surface area contributed by atoms with E-state index in [1.165, 1.54) is 21.5 Å². The van der Waals surface area contributed by atoms with Gasteiger partial charge in [0.25, 0.3) is 0 Å². The van der Waals surface area contributed by atoms with Gasteiger partial charge in [0, 0.05) is 58.4 Å². The lowest BCUT2D eigenvalue weighted by molar-refractivity contribution is 1.68. The maximum absolute atomic E-state index is 6.51. The van der Waals surface area contributed by atoms with Crippen molar-refractivity contribution in [2.24, 2.45) is 0 Å². The SMILES string of the molecule is Clc1cc(Br)c2c(I)cc3c(Cl)cc(Br)c4c(I)cc1c2c34. The van der Waals surface area contributed by atoms with Crippen LogP contribution in [0, 0.1) is 7.14 Å². The summed E-state index contributed by atoms with van der Waals surface area (Å²) in [5.74, 6) is 0. The molecule has 4 aromatic rings. The Morgan fingerprint density at radius 2 is 1.00 bits per heavy atom. The molecule has 0 bridgehead atoms. The molecule has 0 aliphatic carbocycles. The predicted octanol–water partition coefficient (Wildman–Crippen LogP) is 8.62. The largest absolute Gasteiger partial charge is 0.0836 e. The average molecular weight is 681 g/mol. The Morgan fingerprint density at radius 3 is 1.36 bits per heavy atom. The first-order valence-corrected chi connectivity index (χ1v) is 10.7. The molecule has 0 saturated heterocycles. The van der Waals surface area contributed by atoms with Crippen molar-refractivity contribution in [1.29, 1.82) is 0 Å². The van der Waals surface area contributed by atoms with Gasteiger partial charge in [0.2, 0.25) is 0 Å². The Morgan fingerprint density at radius 1 is 0.636 bits per heavy atom. The first kappa shape index (κ1) is 16.4. The summed E-state index contributed by atoms with van der Waals surface area (Å²) >= 11 is 25.1. The summed E-state index contributed by atoms with van der Waals surface area (Å²) in [6.45, 7) is 0. The van der Waals surface area contributed by atoms with E-state index in [2.05, 4.69) is 89.2 Å². The summed E-state index contributed by atoms with van der Waals surface area (Å²) in [4.78, 5) is 0. The molecule has 0 aliphatic rings. The number of hydrogen-bond acceptors (Lipinski definition) is 0. The van der Waals surface area contributed by atoms with Crippen LogP contribution in [0.25, 0.3) is 32.3 Å². The third-order valence-electron chi connectivity index (χ3n) is 3.81. The van der Waals surface area contributed by atoms with Crippen molar-refractivity contribution in [3.8, 4) is 0 Å². The summed E-state index contributed by atoms with van der Waals surface area (Å²) in [7, 11) is 0. The lowest BCUT2D eigenvalue weighted by Gasteiger charge is -2.17. The monoisotopic (exact) mass is 678 g/mol. The normalized spacial score (nSPS) is 12.1. The molecule has 4 rings (SSSR count). The van der Waals surface area contributed by atoms with Crippen LogP contribution in [0.15, 0.2) is 33.2 Å². The summed E-state index contributed by atoms with van der Waals surface area (Å²) < 4.78 is 4.33. The number of rotatable bonds is 0. The van der Waals surface area contributed by atoms with Crippen LogP contribution in [0.2, 0.25) is 10.0 Å². The van der Waals surface area contributed by atoms with Crippen molar-refractivity contribution >= 4 is 133 Å². The van der Waals surface area contributed by atoms with Crippen molar-refractivity contribution < 1.29 is 0 Å². The summed E-state index contributed by atoms with van der Waals surface area (Å²) in [5.41, 5.74) is 0. The third kappa shape index (κ3) is 2.24. The van der Waals surface area contributed by atoms with E-state index in [-0.39, 0.29) is 0 Å². The van der Waals surface area contributed by atoms with E-state index in [0.717, 1.165) is 36.9 Å². The molecule has 0 aliphatic heterocycles. The topological polar surface area (TPSA) is 0 Å². The van der Waals surface area contributed by atoms with Gasteiger partial charge in [-0.3, -0.25) is 0 Å². The highest BCUT2D eigenvalue weighted by Crippen LogP contribution is 2.47. The molecule has 0 radical (unpaired) electrons. The maximum Gasteiger partial charge on any atom is 0.0496 e. The van der Waals surface area contributed by atoms with E-state index in [4.69, 9.17) is 23.2 Å². The van der Waals surface area contributed by atoms with E-state index >= 15 is 0 Å². The summed E-state index contributed by atoms with van der Waals surface area (Å²) in [6.07, 6.45) is 0. The Balaban J connectivity index is 2.53. The van der Waals surface area contributed by atoms with E-state index in [1.807, 2.05) is 12.1 Å². The van der Waals surface area contributed by atoms with Gasteiger partial charge >= 0.3 is 0 Å². The Labute approximate surface area is 180 Å². The van der Waals surface area contributed by atoms with Crippen LogP contribution >= 0.6 is 100 Å². The van der Waals surface area contributed by atoms with E-state index in [0.29, 0.717) is 0 Å². The molecule has 0 unspecified atom stereocenters. The highest BCUT2D eigenvalue weighted by molar-refractivity contribution is 14.1. The molecule has 6 heteroatoms. The lowest BCUT2D eigenvalue weighted by atomic mass is 9.94. The van der Waals surface area contributed by atoms with Gasteiger partial charge in [0.1, 0.15) is 0 Å². The molecule has 0 fully saturated rings. The molecule has 4 aromatic carbocycles. The number of hydrogen-bond donors (Lipinski definition) is 0. The van der Waals surface area contributed by atoms with Crippen LogP contribution in [0.1, 0.15) is 0 Å². The van der Waals surface area contributed by atoms with Crippen molar-refractivity contribution in [2.75, 3.05) is 0 Å². The fraction of sp³-hybridized carbons (Fsp3) is 0.